The van der Waals surface area contributed by atoms with Crippen molar-refractivity contribution in [3.05, 3.63) is 23.2 Å². The van der Waals surface area contributed by atoms with Crippen LogP contribution in [0.4, 0.5) is 0 Å². The van der Waals surface area contributed by atoms with Gasteiger partial charge >= 0.3 is 0 Å². The number of halogens is 1. The third kappa shape index (κ3) is 4.38. The number of amides is 1. The van der Waals surface area contributed by atoms with Crippen molar-refractivity contribution in [3.8, 4) is 0 Å². The van der Waals surface area contributed by atoms with E-state index in [1.165, 1.54) is 12.4 Å². The van der Waals surface area contributed by atoms with Gasteiger partial charge < -0.3 is 9.80 Å². The Morgan fingerprint density at radius 3 is 2.57 bits per heavy atom. The molecule has 1 aromatic rings. The molecular formula is C15H23ClN4O. The molecule has 1 amide bonds. The van der Waals surface area contributed by atoms with Gasteiger partial charge in [0.15, 0.2) is 0 Å². The number of likely N-dealkylation sites (tertiary alicyclic amines) is 1. The van der Waals surface area contributed by atoms with Crippen LogP contribution in [0.15, 0.2) is 12.4 Å². The fourth-order valence-electron chi connectivity index (χ4n) is 2.77. The predicted molar refractivity (Wildman–Crippen MR) is 83.5 cm³/mol. The number of nitrogens with zero attached hydrogens (tertiary/aromatic N) is 4. The van der Waals surface area contributed by atoms with E-state index in [0.717, 1.165) is 45.6 Å². The summed E-state index contributed by atoms with van der Waals surface area (Å²) in [5.74, 6) is 0.616. The van der Waals surface area contributed by atoms with E-state index in [2.05, 4.69) is 28.7 Å². The summed E-state index contributed by atoms with van der Waals surface area (Å²) in [6.07, 6.45) is 5.03. The third-order valence-corrected chi connectivity index (χ3v) is 4.32. The Morgan fingerprint density at radius 1 is 1.33 bits per heavy atom. The van der Waals surface area contributed by atoms with Crippen LogP contribution in [-0.4, -0.2) is 58.4 Å². The fraction of sp³-hybridized carbons (Fsp3) is 0.667. The zero-order valence-electron chi connectivity index (χ0n) is 12.8. The Balaban J connectivity index is 1.87. The molecule has 116 valence electrons. The van der Waals surface area contributed by atoms with E-state index in [9.17, 15) is 4.79 Å². The number of aromatic nitrogens is 2. The summed E-state index contributed by atoms with van der Waals surface area (Å²) in [5.41, 5.74) is 0.338. The fourth-order valence-corrected chi connectivity index (χ4v) is 2.92. The van der Waals surface area contributed by atoms with E-state index in [-0.39, 0.29) is 11.1 Å². The maximum atomic E-state index is 12.3. The van der Waals surface area contributed by atoms with Crippen LogP contribution >= 0.6 is 11.6 Å². The van der Waals surface area contributed by atoms with Gasteiger partial charge in [-0.05, 0) is 31.8 Å². The molecule has 0 bridgehead atoms. The summed E-state index contributed by atoms with van der Waals surface area (Å²) in [7, 11) is 0. The Morgan fingerprint density at radius 2 is 2.00 bits per heavy atom. The van der Waals surface area contributed by atoms with Crippen molar-refractivity contribution in [2.75, 3.05) is 32.7 Å². The van der Waals surface area contributed by atoms with Gasteiger partial charge in [0.2, 0.25) is 0 Å². The van der Waals surface area contributed by atoms with Crippen molar-refractivity contribution in [1.29, 1.82) is 0 Å². The van der Waals surface area contributed by atoms with E-state index in [1.807, 2.05) is 4.90 Å². The predicted octanol–water partition coefficient (Wildman–Crippen LogP) is 2.32. The first-order valence-corrected chi connectivity index (χ1v) is 8.01. The third-order valence-electron chi connectivity index (χ3n) is 4.14. The monoisotopic (exact) mass is 310 g/mol. The molecule has 0 spiro atoms. The van der Waals surface area contributed by atoms with Crippen LogP contribution in [-0.2, 0) is 0 Å². The average molecular weight is 311 g/mol. The Labute approximate surface area is 131 Å². The lowest BCUT2D eigenvalue weighted by Crippen LogP contribution is -2.41. The molecule has 1 fully saturated rings. The standard InChI is InChI=1S/C15H23ClN4O/c1-3-19(4-2)11-12-5-7-20(8-6-12)15(21)13-9-17-10-14(16)18-13/h9-10,12H,3-8,11H2,1-2H3. The average Bonchev–Trinajstić information content (AvgIpc) is 2.52. The number of hydrogen-bond acceptors (Lipinski definition) is 4. The Bertz CT molecular complexity index is 470. The van der Waals surface area contributed by atoms with Gasteiger partial charge in [0, 0.05) is 19.6 Å². The highest BCUT2D eigenvalue weighted by Gasteiger charge is 2.25. The first kappa shape index (κ1) is 16.2. The summed E-state index contributed by atoms with van der Waals surface area (Å²) in [6.45, 7) is 9.28. The molecule has 2 heterocycles. The SMILES string of the molecule is CCN(CC)CC1CCN(C(=O)c2cncc(Cl)n2)CC1. The number of hydrogen-bond donors (Lipinski definition) is 0. The number of carbonyl (C=O) groups excluding carboxylic acids is 1. The molecule has 0 aliphatic carbocycles. The molecular weight excluding hydrogens is 288 g/mol. The summed E-state index contributed by atoms with van der Waals surface area (Å²) >= 11 is 5.79. The van der Waals surface area contributed by atoms with E-state index in [1.54, 1.807) is 0 Å². The van der Waals surface area contributed by atoms with Crippen molar-refractivity contribution >= 4 is 17.5 Å². The zero-order valence-corrected chi connectivity index (χ0v) is 13.5. The van der Waals surface area contributed by atoms with Crippen molar-refractivity contribution < 1.29 is 4.79 Å². The molecule has 0 saturated carbocycles. The minimum Gasteiger partial charge on any atom is -0.337 e. The van der Waals surface area contributed by atoms with Gasteiger partial charge in [-0.15, -0.1) is 0 Å². The highest BCUT2D eigenvalue weighted by molar-refractivity contribution is 6.29. The molecule has 1 saturated heterocycles. The molecule has 21 heavy (non-hydrogen) atoms. The molecule has 0 radical (unpaired) electrons. The molecule has 5 nitrogen and oxygen atoms in total. The highest BCUT2D eigenvalue weighted by atomic mass is 35.5. The lowest BCUT2D eigenvalue weighted by atomic mass is 9.96. The Kier molecular flexibility index (Phi) is 5.94. The zero-order chi connectivity index (χ0) is 15.2. The maximum absolute atomic E-state index is 12.3. The van der Waals surface area contributed by atoms with Gasteiger partial charge in [0.05, 0.1) is 12.4 Å². The van der Waals surface area contributed by atoms with Crippen LogP contribution in [0.1, 0.15) is 37.2 Å². The Hall–Kier alpha value is -1.20. The first-order chi connectivity index (χ1) is 10.1. The van der Waals surface area contributed by atoms with Gasteiger partial charge in [-0.1, -0.05) is 25.4 Å². The van der Waals surface area contributed by atoms with Gasteiger partial charge in [0.25, 0.3) is 5.91 Å². The van der Waals surface area contributed by atoms with Crippen LogP contribution < -0.4 is 0 Å². The smallest absolute Gasteiger partial charge is 0.274 e. The van der Waals surface area contributed by atoms with Crippen LogP contribution in [0.3, 0.4) is 0 Å². The maximum Gasteiger partial charge on any atom is 0.274 e. The van der Waals surface area contributed by atoms with E-state index in [4.69, 9.17) is 11.6 Å². The summed E-state index contributed by atoms with van der Waals surface area (Å²) in [5, 5.41) is 0.261. The normalized spacial score (nSPS) is 16.5. The molecule has 6 heteroatoms. The van der Waals surface area contributed by atoms with Gasteiger partial charge in [-0.25, -0.2) is 4.98 Å². The van der Waals surface area contributed by atoms with E-state index >= 15 is 0 Å². The van der Waals surface area contributed by atoms with Crippen LogP contribution in [0.5, 0.6) is 0 Å². The number of piperidine rings is 1. The second-order valence-electron chi connectivity index (χ2n) is 5.45. The van der Waals surface area contributed by atoms with Crippen molar-refractivity contribution in [1.82, 2.24) is 19.8 Å². The van der Waals surface area contributed by atoms with Crippen LogP contribution in [0.25, 0.3) is 0 Å². The lowest BCUT2D eigenvalue weighted by molar-refractivity contribution is 0.0663. The molecule has 0 atom stereocenters. The van der Waals surface area contributed by atoms with E-state index in [0.29, 0.717) is 11.6 Å². The number of carbonyl (C=O) groups is 1. The molecule has 0 N–H and O–H groups in total. The largest absolute Gasteiger partial charge is 0.337 e. The quantitative estimate of drug-likeness (QED) is 0.837. The minimum absolute atomic E-state index is 0.0636. The molecule has 0 unspecified atom stereocenters. The molecule has 1 aliphatic rings. The van der Waals surface area contributed by atoms with Crippen molar-refractivity contribution in [3.63, 3.8) is 0 Å². The van der Waals surface area contributed by atoms with Gasteiger partial charge in [0.1, 0.15) is 10.8 Å². The second-order valence-corrected chi connectivity index (χ2v) is 5.84. The van der Waals surface area contributed by atoms with Gasteiger partial charge in [-0.3, -0.25) is 9.78 Å². The van der Waals surface area contributed by atoms with E-state index < -0.39 is 0 Å². The minimum atomic E-state index is -0.0636. The summed E-state index contributed by atoms with van der Waals surface area (Å²) < 4.78 is 0. The lowest BCUT2D eigenvalue weighted by Gasteiger charge is -2.34. The van der Waals surface area contributed by atoms with Crippen molar-refractivity contribution in [2.24, 2.45) is 5.92 Å². The molecule has 0 aromatic carbocycles. The van der Waals surface area contributed by atoms with Crippen LogP contribution in [0.2, 0.25) is 5.15 Å². The van der Waals surface area contributed by atoms with Gasteiger partial charge in [-0.2, -0.15) is 0 Å². The molecule has 1 aromatic heterocycles. The van der Waals surface area contributed by atoms with Crippen LogP contribution in [0, 0.1) is 5.92 Å². The highest BCUT2D eigenvalue weighted by Crippen LogP contribution is 2.20. The molecule has 2 rings (SSSR count). The summed E-state index contributed by atoms with van der Waals surface area (Å²) in [4.78, 5) is 24.6. The second kappa shape index (κ2) is 7.71. The van der Waals surface area contributed by atoms with Crippen molar-refractivity contribution in [2.45, 2.75) is 26.7 Å². The molecule has 1 aliphatic heterocycles. The summed E-state index contributed by atoms with van der Waals surface area (Å²) in [6, 6.07) is 0. The number of rotatable bonds is 5. The topological polar surface area (TPSA) is 49.3 Å². The first-order valence-electron chi connectivity index (χ1n) is 7.63.